The summed E-state index contributed by atoms with van der Waals surface area (Å²) in [6, 6.07) is 0. The maximum Gasteiger partial charge on any atom is 0.329 e. The van der Waals surface area contributed by atoms with Gasteiger partial charge in [0.2, 0.25) is 0 Å². The van der Waals surface area contributed by atoms with Crippen molar-refractivity contribution in [2.45, 2.75) is 33.6 Å². The molecule has 0 aliphatic rings. The molecule has 0 unspecified atom stereocenters. The van der Waals surface area contributed by atoms with Gasteiger partial charge in [-0.1, -0.05) is 23.3 Å². The van der Waals surface area contributed by atoms with Gasteiger partial charge >= 0.3 is 7.60 Å². The molecule has 0 aromatic carbocycles. The van der Waals surface area contributed by atoms with Crippen LogP contribution in [0.4, 0.5) is 0 Å². The van der Waals surface area contributed by atoms with Crippen molar-refractivity contribution in [3.8, 4) is 0 Å². The molecule has 0 aliphatic carbocycles. The van der Waals surface area contributed by atoms with Crippen LogP contribution in [0.5, 0.6) is 0 Å². The molecule has 0 aromatic heterocycles. The molecule has 0 rings (SSSR count). The average Bonchev–Trinajstić information content (AvgIpc) is 1.99. The first kappa shape index (κ1) is 13.6. The van der Waals surface area contributed by atoms with E-state index >= 15 is 0 Å². The van der Waals surface area contributed by atoms with Gasteiger partial charge in [-0.3, -0.25) is 4.57 Å². The average molecular weight is 218 g/mol. The molecule has 14 heavy (non-hydrogen) atoms. The molecule has 0 fully saturated rings. The van der Waals surface area contributed by atoms with Gasteiger partial charge in [-0.15, -0.1) is 0 Å². The standard InChI is InChI=1S/C10H19O3P/c1-9(2)5-4-6-10(3)7-8-14(11,12)13/h5,7H,4,6,8H2,1-3H3,(H2,11,12,13)/b10-7+. The molecule has 0 atom stereocenters. The van der Waals surface area contributed by atoms with E-state index in [9.17, 15) is 4.57 Å². The summed E-state index contributed by atoms with van der Waals surface area (Å²) in [6.45, 7) is 5.97. The van der Waals surface area contributed by atoms with Crippen molar-refractivity contribution < 1.29 is 14.4 Å². The highest BCUT2D eigenvalue weighted by atomic mass is 31.2. The Morgan fingerprint density at radius 1 is 1.21 bits per heavy atom. The largest absolute Gasteiger partial charge is 0.329 e. The zero-order valence-corrected chi connectivity index (χ0v) is 9.92. The van der Waals surface area contributed by atoms with Crippen LogP contribution in [-0.4, -0.2) is 15.9 Å². The second-order valence-corrected chi connectivity index (χ2v) is 5.41. The summed E-state index contributed by atoms with van der Waals surface area (Å²) in [7, 11) is -3.86. The van der Waals surface area contributed by atoms with E-state index in [4.69, 9.17) is 9.79 Å². The Morgan fingerprint density at radius 2 is 1.79 bits per heavy atom. The molecule has 0 radical (unpaired) electrons. The minimum atomic E-state index is -3.86. The fourth-order valence-corrected chi connectivity index (χ4v) is 1.51. The Hall–Kier alpha value is -0.370. The topological polar surface area (TPSA) is 57.5 Å². The van der Waals surface area contributed by atoms with Gasteiger partial charge in [0.1, 0.15) is 0 Å². The first-order chi connectivity index (χ1) is 6.31. The van der Waals surface area contributed by atoms with Crippen LogP contribution in [0.3, 0.4) is 0 Å². The van der Waals surface area contributed by atoms with Crippen molar-refractivity contribution in [3.05, 3.63) is 23.3 Å². The SMILES string of the molecule is CC(C)=CCC/C(C)=C/CP(=O)(O)O. The van der Waals surface area contributed by atoms with Gasteiger partial charge in [0.05, 0.1) is 6.16 Å². The van der Waals surface area contributed by atoms with Crippen LogP contribution in [0.25, 0.3) is 0 Å². The van der Waals surface area contributed by atoms with E-state index in [1.807, 2.05) is 20.8 Å². The normalized spacial score (nSPS) is 12.8. The van der Waals surface area contributed by atoms with Gasteiger partial charge in [0.15, 0.2) is 0 Å². The molecule has 82 valence electrons. The summed E-state index contributed by atoms with van der Waals surface area (Å²) < 4.78 is 10.6. The maximum absolute atomic E-state index is 10.6. The lowest BCUT2D eigenvalue weighted by Crippen LogP contribution is -1.85. The van der Waals surface area contributed by atoms with Crippen LogP contribution in [0.1, 0.15) is 33.6 Å². The molecule has 0 saturated heterocycles. The molecule has 0 saturated carbocycles. The van der Waals surface area contributed by atoms with Gasteiger partial charge in [-0.25, -0.2) is 0 Å². The smallest absolute Gasteiger partial charge is 0.324 e. The van der Waals surface area contributed by atoms with Gasteiger partial charge in [0, 0.05) is 0 Å². The van der Waals surface area contributed by atoms with Crippen molar-refractivity contribution in [1.82, 2.24) is 0 Å². The van der Waals surface area contributed by atoms with Crippen molar-refractivity contribution in [2.24, 2.45) is 0 Å². The van der Waals surface area contributed by atoms with Crippen molar-refractivity contribution in [2.75, 3.05) is 6.16 Å². The van der Waals surface area contributed by atoms with Gasteiger partial charge in [-0.05, 0) is 33.6 Å². The highest BCUT2D eigenvalue weighted by molar-refractivity contribution is 7.51. The highest BCUT2D eigenvalue weighted by Gasteiger charge is 2.09. The lowest BCUT2D eigenvalue weighted by Gasteiger charge is -2.01. The van der Waals surface area contributed by atoms with Crippen LogP contribution in [-0.2, 0) is 4.57 Å². The van der Waals surface area contributed by atoms with Crippen molar-refractivity contribution >= 4 is 7.60 Å². The number of hydrogen-bond donors (Lipinski definition) is 2. The quantitative estimate of drug-likeness (QED) is 0.551. The first-order valence-corrected chi connectivity index (χ1v) is 6.44. The predicted molar refractivity (Wildman–Crippen MR) is 59.3 cm³/mol. The zero-order valence-electron chi connectivity index (χ0n) is 9.03. The molecule has 0 bridgehead atoms. The molecule has 0 aromatic rings. The summed E-state index contributed by atoms with van der Waals surface area (Å²) in [5.74, 6) is 0. The molecule has 2 N–H and O–H groups in total. The summed E-state index contributed by atoms with van der Waals surface area (Å²) >= 11 is 0. The van der Waals surface area contributed by atoms with Crippen LogP contribution >= 0.6 is 7.60 Å². The summed E-state index contributed by atoms with van der Waals surface area (Å²) in [4.78, 5) is 17.3. The third-order valence-electron chi connectivity index (χ3n) is 1.77. The van der Waals surface area contributed by atoms with Crippen LogP contribution < -0.4 is 0 Å². The summed E-state index contributed by atoms with van der Waals surface area (Å²) in [5.41, 5.74) is 2.30. The monoisotopic (exact) mass is 218 g/mol. The fourth-order valence-electron chi connectivity index (χ4n) is 0.965. The first-order valence-electron chi connectivity index (χ1n) is 4.65. The fraction of sp³-hybridized carbons (Fsp3) is 0.600. The van der Waals surface area contributed by atoms with Gasteiger partial charge in [-0.2, -0.15) is 0 Å². The van der Waals surface area contributed by atoms with E-state index in [2.05, 4.69) is 6.08 Å². The summed E-state index contributed by atoms with van der Waals surface area (Å²) in [6.07, 6.45) is 5.40. The highest BCUT2D eigenvalue weighted by Crippen LogP contribution is 2.34. The molecular weight excluding hydrogens is 199 g/mol. The molecule has 3 nitrogen and oxygen atoms in total. The van der Waals surface area contributed by atoms with Crippen LogP contribution in [0.15, 0.2) is 23.3 Å². The zero-order chi connectivity index (χ0) is 11.2. The summed E-state index contributed by atoms with van der Waals surface area (Å²) in [5, 5.41) is 0. The Labute approximate surface area is 85.7 Å². The van der Waals surface area contributed by atoms with Crippen molar-refractivity contribution in [3.63, 3.8) is 0 Å². The predicted octanol–water partition coefficient (Wildman–Crippen LogP) is 2.86. The Morgan fingerprint density at radius 3 is 2.21 bits per heavy atom. The second-order valence-electron chi connectivity index (χ2n) is 3.72. The maximum atomic E-state index is 10.6. The van der Waals surface area contributed by atoms with Gasteiger partial charge in [0.25, 0.3) is 0 Å². The number of rotatable bonds is 5. The van der Waals surface area contributed by atoms with Crippen LogP contribution in [0.2, 0.25) is 0 Å². The molecular formula is C10H19O3P. The van der Waals surface area contributed by atoms with Gasteiger partial charge < -0.3 is 9.79 Å². The molecule has 0 aliphatic heterocycles. The third kappa shape index (κ3) is 9.72. The lowest BCUT2D eigenvalue weighted by molar-refractivity contribution is 0.377. The van der Waals surface area contributed by atoms with Crippen molar-refractivity contribution in [1.29, 1.82) is 0 Å². The minimum absolute atomic E-state index is 0.145. The van der Waals surface area contributed by atoms with E-state index in [-0.39, 0.29) is 6.16 Å². The lowest BCUT2D eigenvalue weighted by atomic mass is 10.1. The van der Waals surface area contributed by atoms with E-state index in [1.165, 1.54) is 5.57 Å². The number of hydrogen-bond acceptors (Lipinski definition) is 1. The third-order valence-corrected chi connectivity index (χ3v) is 2.43. The second kappa shape index (κ2) is 6.18. The Balaban J connectivity index is 3.91. The molecule has 0 spiro atoms. The minimum Gasteiger partial charge on any atom is -0.324 e. The molecule has 0 heterocycles. The van der Waals surface area contributed by atoms with E-state index in [0.717, 1.165) is 18.4 Å². The van der Waals surface area contributed by atoms with E-state index in [0.29, 0.717) is 0 Å². The van der Waals surface area contributed by atoms with E-state index < -0.39 is 7.60 Å². The molecule has 4 heteroatoms. The Kier molecular flexibility index (Phi) is 6.01. The Bertz CT molecular complexity index is 269. The van der Waals surface area contributed by atoms with Crippen LogP contribution in [0, 0.1) is 0 Å². The number of allylic oxidation sites excluding steroid dienone is 4. The van der Waals surface area contributed by atoms with E-state index in [1.54, 1.807) is 6.08 Å². The molecule has 0 amide bonds.